The van der Waals surface area contributed by atoms with Gasteiger partial charge in [-0.15, -0.1) is 0 Å². The molecular weight excluding hydrogens is 389 g/mol. The lowest BCUT2D eigenvalue weighted by Gasteiger charge is -2.14. The third-order valence-electron chi connectivity index (χ3n) is 4.31. The molecule has 8 heteroatoms. The number of amides is 1. The molecule has 4 rings (SSSR count). The Bertz CT molecular complexity index is 1110. The molecule has 1 aliphatic heterocycles. The molecule has 0 atom stereocenters. The smallest absolute Gasteiger partial charge is 0.352 e. The van der Waals surface area contributed by atoms with Crippen LogP contribution in [0.1, 0.15) is 16.1 Å². The number of para-hydroxylation sites is 1. The highest BCUT2D eigenvalue weighted by atomic mass is 35.5. The van der Waals surface area contributed by atoms with E-state index < -0.39 is 5.97 Å². The minimum Gasteiger partial charge on any atom is -0.477 e. The number of hydrogen-bond donors (Lipinski definition) is 3. The Hall–Kier alpha value is -2.80. The number of aromatic carboxylic acids is 1. The number of hydrogen-bond acceptors (Lipinski definition) is 3. The van der Waals surface area contributed by atoms with E-state index in [9.17, 15) is 14.7 Å². The van der Waals surface area contributed by atoms with E-state index in [0.29, 0.717) is 37.8 Å². The van der Waals surface area contributed by atoms with Gasteiger partial charge >= 0.3 is 5.97 Å². The number of halogens is 2. The summed E-state index contributed by atoms with van der Waals surface area (Å²) in [5.41, 5.74) is 4.93. The highest BCUT2D eigenvalue weighted by Crippen LogP contribution is 2.34. The van der Waals surface area contributed by atoms with Crippen LogP contribution in [0.15, 0.2) is 48.0 Å². The lowest BCUT2D eigenvalue weighted by atomic mass is 10.1. The quantitative estimate of drug-likeness (QED) is 0.576. The second-order valence-electron chi connectivity index (χ2n) is 6.01. The fourth-order valence-electron chi connectivity index (χ4n) is 3.11. The predicted molar refractivity (Wildman–Crippen MR) is 105 cm³/mol. The average molecular weight is 402 g/mol. The SMILES string of the molecule is O=C(O)c1[nH]c2cc(Cl)cc(Cl)c2c1/C=C1/CNN(c2ccccc2)C1=O. The summed E-state index contributed by atoms with van der Waals surface area (Å²) in [6.45, 7) is 0.269. The van der Waals surface area contributed by atoms with E-state index >= 15 is 0 Å². The van der Waals surface area contributed by atoms with Crippen molar-refractivity contribution in [3.05, 3.63) is 69.3 Å². The number of anilines is 1. The molecule has 1 fully saturated rings. The number of H-pyrrole nitrogens is 1. The zero-order chi connectivity index (χ0) is 19.1. The Morgan fingerprint density at radius 1 is 1.19 bits per heavy atom. The minimum absolute atomic E-state index is 0.0485. The number of fused-ring (bicyclic) bond motifs is 1. The molecule has 3 N–H and O–H groups in total. The average Bonchev–Trinajstić information content (AvgIpc) is 3.17. The van der Waals surface area contributed by atoms with Crippen LogP contribution in [-0.4, -0.2) is 28.5 Å². The second kappa shape index (κ2) is 6.74. The first kappa shape index (κ1) is 17.6. The third kappa shape index (κ3) is 3.08. The largest absolute Gasteiger partial charge is 0.477 e. The highest BCUT2D eigenvalue weighted by Gasteiger charge is 2.28. The van der Waals surface area contributed by atoms with Crippen LogP contribution >= 0.6 is 23.2 Å². The van der Waals surface area contributed by atoms with Crippen LogP contribution in [0, 0.1) is 0 Å². The van der Waals surface area contributed by atoms with Crippen molar-refractivity contribution in [3.63, 3.8) is 0 Å². The van der Waals surface area contributed by atoms with Gasteiger partial charge in [-0.25, -0.2) is 15.2 Å². The van der Waals surface area contributed by atoms with Crippen LogP contribution < -0.4 is 10.4 Å². The van der Waals surface area contributed by atoms with E-state index in [1.165, 1.54) is 11.1 Å². The minimum atomic E-state index is -1.15. The van der Waals surface area contributed by atoms with Crippen molar-refractivity contribution in [1.82, 2.24) is 10.4 Å². The van der Waals surface area contributed by atoms with E-state index in [4.69, 9.17) is 23.2 Å². The standard InChI is InChI=1S/C19H13Cl2N3O3/c20-11-7-14(21)16-13(17(19(26)27)23-15(16)8-11)6-10-9-22-24(18(10)25)12-4-2-1-3-5-12/h1-8,22-23H,9H2,(H,26,27)/b10-6-. The zero-order valence-corrected chi connectivity index (χ0v) is 15.3. The maximum atomic E-state index is 12.8. The van der Waals surface area contributed by atoms with Gasteiger partial charge in [0.15, 0.2) is 0 Å². The molecule has 1 aliphatic rings. The van der Waals surface area contributed by atoms with E-state index in [0.717, 1.165) is 0 Å². The van der Waals surface area contributed by atoms with Crippen molar-refractivity contribution in [2.75, 3.05) is 11.6 Å². The van der Waals surface area contributed by atoms with Crippen molar-refractivity contribution in [3.8, 4) is 0 Å². The van der Waals surface area contributed by atoms with Gasteiger partial charge in [0.25, 0.3) is 5.91 Å². The molecule has 1 aromatic heterocycles. The number of carbonyl (C=O) groups excluding carboxylic acids is 1. The summed E-state index contributed by atoms with van der Waals surface area (Å²) in [6, 6.07) is 12.3. The summed E-state index contributed by atoms with van der Waals surface area (Å²) >= 11 is 12.3. The van der Waals surface area contributed by atoms with Crippen LogP contribution in [-0.2, 0) is 4.79 Å². The number of carboxylic acids is 1. The molecule has 1 saturated heterocycles. The molecule has 0 bridgehead atoms. The fraction of sp³-hybridized carbons (Fsp3) is 0.0526. The lowest BCUT2D eigenvalue weighted by Crippen LogP contribution is -2.33. The number of rotatable bonds is 3. The summed E-state index contributed by atoms with van der Waals surface area (Å²) in [7, 11) is 0. The summed E-state index contributed by atoms with van der Waals surface area (Å²) in [4.78, 5) is 27.3. The molecule has 1 amide bonds. The molecule has 0 radical (unpaired) electrons. The topological polar surface area (TPSA) is 85.4 Å². The lowest BCUT2D eigenvalue weighted by molar-refractivity contribution is -0.114. The Kier molecular flexibility index (Phi) is 4.39. The molecule has 2 heterocycles. The summed E-state index contributed by atoms with van der Waals surface area (Å²) in [5, 5.41) is 12.2. The number of benzene rings is 2. The van der Waals surface area contributed by atoms with Gasteiger partial charge in [-0.2, -0.15) is 0 Å². The van der Waals surface area contributed by atoms with E-state index in [1.807, 2.05) is 18.2 Å². The number of aromatic amines is 1. The molecule has 6 nitrogen and oxygen atoms in total. The molecule has 3 aromatic rings. The van der Waals surface area contributed by atoms with Gasteiger partial charge in [0.1, 0.15) is 5.69 Å². The number of carbonyl (C=O) groups is 2. The van der Waals surface area contributed by atoms with Crippen molar-refractivity contribution in [1.29, 1.82) is 0 Å². The first-order chi connectivity index (χ1) is 13.0. The van der Waals surface area contributed by atoms with Gasteiger partial charge in [0.05, 0.1) is 10.7 Å². The van der Waals surface area contributed by atoms with Gasteiger partial charge in [-0.1, -0.05) is 41.4 Å². The maximum absolute atomic E-state index is 12.8. The summed E-state index contributed by atoms with van der Waals surface area (Å²) in [5.74, 6) is -1.40. The number of nitrogens with zero attached hydrogens (tertiary/aromatic N) is 1. The molecule has 0 unspecified atom stereocenters. The fourth-order valence-corrected chi connectivity index (χ4v) is 3.71. The molecule has 27 heavy (non-hydrogen) atoms. The summed E-state index contributed by atoms with van der Waals surface area (Å²) in [6.07, 6.45) is 1.56. The molecule has 136 valence electrons. The van der Waals surface area contributed by atoms with Crippen molar-refractivity contribution < 1.29 is 14.7 Å². The predicted octanol–water partition coefficient (Wildman–Crippen LogP) is 4.11. The molecule has 0 aliphatic carbocycles. The first-order valence-corrected chi connectivity index (χ1v) is 8.79. The number of aromatic nitrogens is 1. The molecule has 0 saturated carbocycles. The Labute approximate surface area is 164 Å². The highest BCUT2D eigenvalue weighted by molar-refractivity contribution is 6.39. The van der Waals surface area contributed by atoms with Gasteiger partial charge in [0.2, 0.25) is 0 Å². The van der Waals surface area contributed by atoms with Crippen molar-refractivity contribution in [2.45, 2.75) is 0 Å². The van der Waals surface area contributed by atoms with Gasteiger partial charge in [0, 0.05) is 33.6 Å². The number of hydrazine groups is 1. The zero-order valence-electron chi connectivity index (χ0n) is 13.8. The monoisotopic (exact) mass is 401 g/mol. The van der Waals surface area contributed by atoms with Gasteiger partial charge in [-0.05, 0) is 30.3 Å². The first-order valence-electron chi connectivity index (χ1n) is 8.03. The van der Waals surface area contributed by atoms with Gasteiger partial charge in [-0.3, -0.25) is 4.79 Å². The number of nitrogens with one attached hydrogen (secondary N) is 2. The summed E-state index contributed by atoms with van der Waals surface area (Å²) < 4.78 is 0. The third-order valence-corrected chi connectivity index (χ3v) is 4.82. The maximum Gasteiger partial charge on any atom is 0.352 e. The van der Waals surface area contributed by atoms with Crippen LogP contribution in [0.2, 0.25) is 10.0 Å². The van der Waals surface area contributed by atoms with E-state index in [-0.39, 0.29) is 18.1 Å². The Morgan fingerprint density at radius 2 is 1.93 bits per heavy atom. The van der Waals surface area contributed by atoms with Crippen LogP contribution in [0.3, 0.4) is 0 Å². The Morgan fingerprint density at radius 3 is 2.63 bits per heavy atom. The van der Waals surface area contributed by atoms with E-state index in [1.54, 1.807) is 24.3 Å². The normalized spacial score (nSPS) is 15.9. The van der Waals surface area contributed by atoms with Crippen molar-refractivity contribution >= 4 is 57.7 Å². The van der Waals surface area contributed by atoms with Gasteiger partial charge < -0.3 is 10.1 Å². The van der Waals surface area contributed by atoms with Crippen molar-refractivity contribution in [2.24, 2.45) is 0 Å². The molecular formula is C19H13Cl2N3O3. The molecule has 0 spiro atoms. The van der Waals surface area contributed by atoms with Crippen LogP contribution in [0.25, 0.3) is 17.0 Å². The van der Waals surface area contributed by atoms with Crippen LogP contribution in [0.4, 0.5) is 5.69 Å². The Balaban J connectivity index is 1.82. The second-order valence-corrected chi connectivity index (χ2v) is 6.85. The number of carboxylic acid groups (broad SMARTS) is 1. The molecule has 2 aromatic carbocycles. The van der Waals surface area contributed by atoms with Crippen LogP contribution in [0.5, 0.6) is 0 Å². The van der Waals surface area contributed by atoms with E-state index in [2.05, 4.69) is 10.4 Å².